The van der Waals surface area contributed by atoms with Gasteiger partial charge in [0, 0.05) is 5.56 Å². The summed E-state index contributed by atoms with van der Waals surface area (Å²) in [5.41, 5.74) is 6.71. The Morgan fingerprint density at radius 3 is 2.12 bits per heavy atom. The van der Waals surface area contributed by atoms with Crippen LogP contribution in [0.1, 0.15) is 11.6 Å². The monoisotopic (exact) mass is 223 g/mol. The predicted octanol–water partition coefficient (Wildman–Crippen LogP) is 0.846. The fourth-order valence-corrected chi connectivity index (χ4v) is 1.92. The molecular weight excluding hydrogens is 204 g/mol. The first kappa shape index (κ1) is 12.7. The SMILES string of the molecule is C[N+](C)(C)C(c1ccccc1)[C@H](N)C(=O)O. The molecule has 4 nitrogen and oxygen atoms in total. The summed E-state index contributed by atoms with van der Waals surface area (Å²) in [4.78, 5) is 11.0. The van der Waals surface area contributed by atoms with E-state index < -0.39 is 12.0 Å². The van der Waals surface area contributed by atoms with Crippen molar-refractivity contribution in [3.63, 3.8) is 0 Å². The molecule has 0 heterocycles. The zero-order chi connectivity index (χ0) is 12.3. The highest BCUT2D eigenvalue weighted by Crippen LogP contribution is 2.25. The Kier molecular flexibility index (Phi) is 3.67. The van der Waals surface area contributed by atoms with Crippen LogP contribution < -0.4 is 5.73 Å². The molecule has 0 aromatic heterocycles. The number of hydrogen-bond acceptors (Lipinski definition) is 2. The Bertz CT molecular complexity index is 357. The number of carbonyl (C=O) groups is 1. The van der Waals surface area contributed by atoms with Gasteiger partial charge in [0.2, 0.25) is 0 Å². The van der Waals surface area contributed by atoms with Crippen molar-refractivity contribution in [2.45, 2.75) is 12.1 Å². The third-order valence-electron chi connectivity index (χ3n) is 2.60. The van der Waals surface area contributed by atoms with Crippen LogP contribution in [0.3, 0.4) is 0 Å². The smallest absolute Gasteiger partial charge is 0.327 e. The molecule has 1 rings (SSSR count). The van der Waals surface area contributed by atoms with E-state index in [9.17, 15) is 4.79 Å². The summed E-state index contributed by atoms with van der Waals surface area (Å²) in [5, 5.41) is 9.04. The Morgan fingerprint density at radius 1 is 1.25 bits per heavy atom. The van der Waals surface area contributed by atoms with Gasteiger partial charge < -0.3 is 15.3 Å². The van der Waals surface area contributed by atoms with Gasteiger partial charge in [-0.25, -0.2) is 0 Å². The average molecular weight is 223 g/mol. The van der Waals surface area contributed by atoms with Gasteiger partial charge in [-0.3, -0.25) is 4.79 Å². The highest BCUT2D eigenvalue weighted by atomic mass is 16.4. The van der Waals surface area contributed by atoms with Crippen molar-refractivity contribution in [2.24, 2.45) is 5.73 Å². The van der Waals surface area contributed by atoms with Crippen molar-refractivity contribution in [3.05, 3.63) is 35.9 Å². The number of nitrogens with zero attached hydrogens (tertiary/aromatic N) is 1. The van der Waals surface area contributed by atoms with Crippen LogP contribution in [-0.2, 0) is 4.79 Å². The first-order valence-electron chi connectivity index (χ1n) is 5.18. The first-order chi connectivity index (χ1) is 7.34. The Hall–Kier alpha value is -1.39. The number of carboxylic acids is 1. The van der Waals surface area contributed by atoms with Gasteiger partial charge in [-0.05, 0) is 0 Å². The summed E-state index contributed by atoms with van der Waals surface area (Å²) in [5.74, 6) is -0.970. The standard InChI is InChI=1S/C12H18N2O2/c1-14(2,3)11(10(13)12(15)16)9-7-5-4-6-8-9/h4-8,10-11H,13H2,1-3H3/p+1/t10-,11?/m0/s1. The minimum absolute atomic E-state index is 0.251. The largest absolute Gasteiger partial charge is 0.480 e. The summed E-state index contributed by atoms with van der Waals surface area (Å²) in [6, 6.07) is 8.37. The van der Waals surface area contributed by atoms with Crippen LogP contribution in [0.4, 0.5) is 0 Å². The molecule has 3 N–H and O–H groups in total. The van der Waals surface area contributed by atoms with E-state index in [0.717, 1.165) is 5.56 Å². The molecule has 0 saturated carbocycles. The van der Waals surface area contributed by atoms with E-state index in [1.165, 1.54) is 0 Å². The fourth-order valence-electron chi connectivity index (χ4n) is 1.92. The highest BCUT2D eigenvalue weighted by Gasteiger charge is 2.36. The van der Waals surface area contributed by atoms with E-state index in [-0.39, 0.29) is 6.04 Å². The Morgan fingerprint density at radius 2 is 1.75 bits per heavy atom. The number of quaternary nitrogens is 1. The summed E-state index contributed by atoms with van der Waals surface area (Å²) < 4.78 is 0.484. The van der Waals surface area contributed by atoms with E-state index >= 15 is 0 Å². The van der Waals surface area contributed by atoms with Crippen molar-refractivity contribution in [3.8, 4) is 0 Å². The molecule has 0 amide bonds. The van der Waals surface area contributed by atoms with E-state index in [0.29, 0.717) is 4.48 Å². The molecule has 0 saturated heterocycles. The van der Waals surface area contributed by atoms with Gasteiger partial charge >= 0.3 is 5.97 Å². The third kappa shape index (κ3) is 2.81. The van der Waals surface area contributed by atoms with Crippen LogP contribution >= 0.6 is 0 Å². The molecule has 1 aromatic carbocycles. The van der Waals surface area contributed by atoms with Gasteiger partial charge in [0.05, 0.1) is 21.1 Å². The molecule has 0 aliphatic carbocycles. The maximum Gasteiger partial charge on any atom is 0.327 e. The molecule has 16 heavy (non-hydrogen) atoms. The van der Waals surface area contributed by atoms with E-state index in [4.69, 9.17) is 10.8 Å². The lowest BCUT2D eigenvalue weighted by Crippen LogP contribution is -2.51. The third-order valence-corrected chi connectivity index (χ3v) is 2.60. The van der Waals surface area contributed by atoms with Gasteiger partial charge in [0.25, 0.3) is 0 Å². The molecule has 0 fully saturated rings. The van der Waals surface area contributed by atoms with Crippen LogP contribution in [0.25, 0.3) is 0 Å². The molecule has 2 atom stereocenters. The van der Waals surface area contributed by atoms with Crippen molar-refractivity contribution in [1.29, 1.82) is 0 Å². The van der Waals surface area contributed by atoms with Gasteiger partial charge in [-0.15, -0.1) is 0 Å². The molecule has 0 aliphatic heterocycles. The molecule has 88 valence electrons. The zero-order valence-corrected chi connectivity index (χ0v) is 9.92. The van der Waals surface area contributed by atoms with Crippen molar-refractivity contribution >= 4 is 5.97 Å². The van der Waals surface area contributed by atoms with Crippen LogP contribution in [-0.4, -0.2) is 42.7 Å². The van der Waals surface area contributed by atoms with Crippen molar-refractivity contribution in [1.82, 2.24) is 0 Å². The predicted molar refractivity (Wildman–Crippen MR) is 62.8 cm³/mol. The molecule has 0 bridgehead atoms. The van der Waals surface area contributed by atoms with Crippen LogP contribution in [0, 0.1) is 0 Å². The maximum atomic E-state index is 11.0. The van der Waals surface area contributed by atoms with E-state index in [1.807, 2.05) is 51.5 Å². The van der Waals surface area contributed by atoms with Crippen LogP contribution in [0.15, 0.2) is 30.3 Å². The van der Waals surface area contributed by atoms with Gasteiger partial charge in [0.15, 0.2) is 6.04 Å². The lowest BCUT2D eigenvalue weighted by atomic mass is 9.97. The molecule has 0 radical (unpaired) electrons. The number of nitrogens with two attached hydrogens (primary N) is 1. The van der Waals surface area contributed by atoms with Crippen molar-refractivity contribution in [2.75, 3.05) is 21.1 Å². The number of aliphatic carboxylic acids is 1. The van der Waals surface area contributed by atoms with Gasteiger partial charge in [0.1, 0.15) is 6.04 Å². The molecule has 4 heteroatoms. The second-order valence-corrected chi connectivity index (χ2v) is 4.84. The minimum atomic E-state index is -0.970. The number of benzene rings is 1. The zero-order valence-electron chi connectivity index (χ0n) is 9.92. The number of rotatable bonds is 4. The number of carboxylic acid groups (broad SMARTS) is 1. The number of likely N-dealkylation sites (N-methyl/N-ethyl adjacent to an activating group) is 1. The quantitative estimate of drug-likeness (QED) is 0.744. The summed E-state index contributed by atoms with van der Waals surface area (Å²) >= 11 is 0. The molecule has 1 unspecified atom stereocenters. The Balaban J connectivity index is 3.12. The van der Waals surface area contributed by atoms with E-state index in [2.05, 4.69) is 0 Å². The minimum Gasteiger partial charge on any atom is -0.480 e. The molecule has 1 aromatic rings. The fraction of sp³-hybridized carbons (Fsp3) is 0.417. The average Bonchev–Trinajstić information content (AvgIpc) is 2.17. The molecular formula is C12H19N2O2+. The summed E-state index contributed by atoms with van der Waals surface area (Å²) in [6.45, 7) is 0. The summed E-state index contributed by atoms with van der Waals surface area (Å²) in [6.07, 6.45) is 0. The van der Waals surface area contributed by atoms with Crippen molar-refractivity contribution < 1.29 is 14.4 Å². The maximum absolute atomic E-state index is 11.0. The van der Waals surface area contributed by atoms with Gasteiger partial charge in [-0.2, -0.15) is 0 Å². The van der Waals surface area contributed by atoms with Crippen LogP contribution in [0.2, 0.25) is 0 Å². The van der Waals surface area contributed by atoms with E-state index in [1.54, 1.807) is 0 Å². The lowest BCUT2D eigenvalue weighted by Gasteiger charge is -2.36. The Labute approximate surface area is 95.9 Å². The van der Waals surface area contributed by atoms with Crippen LogP contribution in [0.5, 0.6) is 0 Å². The normalized spacial score (nSPS) is 15.5. The number of hydrogen-bond donors (Lipinski definition) is 2. The molecule has 0 spiro atoms. The highest BCUT2D eigenvalue weighted by molar-refractivity contribution is 5.74. The second-order valence-electron chi connectivity index (χ2n) is 4.84. The second kappa shape index (κ2) is 4.63. The van der Waals surface area contributed by atoms with Gasteiger partial charge in [-0.1, -0.05) is 30.3 Å². The molecule has 0 aliphatic rings. The topological polar surface area (TPSA) is 63.3 Å². The first-order valence-corrected chi connectivity index (χ1v) is 5.18. The summed E-state index contributed by atoms with van der Waals surface area (Å²) in [7, 11) is 5.83. The lowest BCUT2D eigenvalue weighted by molar-refractivity contribution is -0.902.